The first-order valence-corrected chi connectivity index (χ1v) is 8.94. The van der Waals surface area contributed by atoms with Crippen LogP contribution >= 0.6 is 11.7 Å². The van der Waals surface area contributed by atoms with Crippen LogP contribution in [-0.4, -0.2) is 38.8 Å². The average Bonchev–Trinajstić information content (AvgIpc) is 3.29. The Kier molecular flexibility index (Phi) is 4.42. The normalized spacial score (nSPS) is 17.4. The van der Waals surface area contributed by atoms with E-state index in [9.17, 15) is 18.0 Å². The number of benzene rings is 1. The van der Waals surface area contributed by atoms with Gasteiger partial charge in [-0.2, -0.15) is 21.9 Å². The minimum atomic E-state index is -4.40. The molecule has 2 aromatic heterocycles. The number of nitrogens with one attached hydrogen (secondary N) is 1. The number of halogens is 3. The van der Waals surface area contributed by atoms with Crippen LogP contribution in [0.3, 0.4) is 0 Å². The van der Waals surface area contributed by atoms with Crippen LogP contribution in [0.15, 0.2) is 36.5 Å². The third-order valence-corrected chi connectivity index (χ3v) is 5.00. The highest BCUT2D eigenvalue weighted by molar-refractivity contribution is 7.00. The Balaban J connectivity index is 1.39. The van der Waals surface area contributed by atoms with Crippen molar-refractivity contribution in [3.63, 3.8) is 0 Å². The van der Waals surface area contributed by atoms with E-state index in [1.54, 1.807) is 18.2 Å². The largest absolute Gasteiger partial charge is 0.417 e. The van der Waals surface area contributed by atoms with E-state index in [1.807, 2.05) is 4.90 Å². The Morgan fingerprint density at radius 3 is 2.74 bits per heavy atom. The molecule has 1 aliphatic heterocycles. The highest BCUT2D eigenvalue weighted by atomic mass is 32.1. The summed E-state index contributed by atoms with van der Waals surface area (Å²) >= 11 is 1.09. The molecule has 0 unspecified atom stereocenters. The lowest BCUT2D eigenvalue weighted by molar-refractivity contribution is -0.137. The number of fused-ring (bicyclic) bond motifs is 1. The first-order valence-electron chi connectivity index (χ1n) is 8.21. The molecule has 1 fully saturated rings. The zero-order chi connectivity index (χ0) is 19.0. The Morgan fingerprint density at radius 1 is 1.19 bits per heavy atom. The molecule has 1 atom stereocenters. The predicted molar refractivity (Wildman–Crippen MR) is 94.7 cm³/mol. The number of carbonyl (C=O) groups excluding carboxylic acids is 1. The molecule has 0 bridgehead atoms. The number of aromatic nitrogens is 3. The van der Waals surface area contributed by atoms with Crippen LogP contribution < -0.4 is 10.2 Å². The van der Waals surface area contributed by atoms with E-state index in [4.69, 9.17) is 0 Å². The fraction of sp³-hybridized carbons (Fsp3) is 0.294. The number of anilines is 1. The summed E-state index contributed by atoms with van der Waals surface area (Å²) in [6.07, 6.45) is -2.88. The zero-order valence-corrected chi connectivity index (χ0v) is 14.7. The first-order chi connectivity index (χ1) is 12.9. The lowest BCUT2D eigenvalue weighted by Gasteiger charge is -2.18. The van der Waals surface area contributed by atoms with Crippen LogP contribution in [0.1, 0.15) is 22.3 Å². The van der Waals surface area contributed by atoms with Gasteiger partial charge in [0, 0.05) is 30.9 Å². The minimum Gasteiger partial charge on any atom is -0.354 e. The van der Waals surface area contributed by atoms with Gasteiger partial charge < -0.3 is 10.2 Å². The SMILES string of the molecule is O=C(N[C@H]1CCN(c2ccc(C(F)(F)F)cn2)C1)c1ccc2nsnc2c1. The van der Waals surface area contributed by atoms with Crippen LogP contribution in [0, 0.1) is 0 Å². The van der Waals surface area contributed by atoms with Gasteiger partial charge in [0.15, 0.2) is 0 Å². The molecular weight excluding hydrogens is 379 g/mol. The van der Waals surface area contributed by atoms with Crippen molar-refractivity contribution >= 4 is 34.5 Å². The molecule has 1 aliphatic rings. The molecular formula is C17H14F3N5OS. The highest BCUT2D eigenvalue weighted by Crippen LogP contribution is 2.30. The van der Waals surface area contributed by atoms with E-state index in [1.165, 1.54) is 6.07 Å². The Labute approximate surface area is 156 Å². The molecule has 27 heavy (non-hydrogen) atoms. The monoisotopic (exact) mass is 393 g/mol. The molecule has 1 N–H and O–H groups in total. The van der Waals surface area contributed by atoms with E-state index in [0.29, 0.717) is 36.4 Å². The van der Waals surface area contributed by atoms with Crippen molar-refractivity contribution in [3.05, 3.63) is 47.7 Å². The van der Waals surface area contributed by atoms with Crippen LogP contribution in [0.25, 0.3) is 11.0 Å². The molecule has 10 heteroatoms. The maximum atomic E-state index is 12.6. The second-order valence-corrected chi connectivity index (χ2v) is 6.80. The molecule has 3 aromatic rings. The maximum Gasteiger partial charge on any atom is 0.417 e. The highest BCUT2D eigenvalue weighted by Gasteiger charge is 2.31. The van der Waals surface area contributed by atoms with Gasteiger partial charge in [-0.1, -0.05) is 0 Å². The van der Waals surface area contributed by atoms with Gasteiger partial charge in [-0.3, -0.25) is 4.79 Å². The van der Waals surface area contributed by atoms with Gasteiger partial charge >= 0.3 is 6.18 Å². The number of carbonyl (C=O) groups is 1. The van der Waals surface area contributed by atoms with Gasteiger partial charge in [-0.15, -0.1) is 0 Å². The van der Waals surface area contributed by atoms with Crippen molar-refractivity contribution in [3.8, 4) is 0 Å². The topological polar surface area (TPSA) is 71.0 Å². The molecule has 4 rings (SSSR count). The van der Waals surface area contributed by atoms with E-state index in [0.717, 1.165) is 29.5 Å². The fourth-order valence-corrected chi connectivity index (χ4v) is 3.54. The standard InChI is InChI=1S/C17H14F3N5OS/c18-17(19,20)11-2-4-15(21-8-11)25-6-5-12(9-25)22-16(26)10-1-3-13-14(7-10)24-27-23-13/h1-4,7-8,12H,5-6,9H2,(H,22,26)/t12-/m0/s1. The summed E-state index contributed by atoms with van der Waals surface area (Å²) in [6.45, 7) is 1.10. The van der Waals surface area contributed by atoms with Crippen LogP contribution in [0.2, 0.25) is 0 Å². The summed E-state index contributed by atoms with van der Waals surface area (Å²) in [7, 11) is 0. The molecule has 140 valence electrons. The number of alkyl halides is 3. The van der Waals surface area contributed by atoms with E-state index in [-0.39, 0.29) is 11.9 Å². The summed E-state index contributed by atoms with van der Waals surface area (Å²) in [5.41, 5.74) is 1.15. The van der Waals surface area contributed by atoms with Crippen molar-refractivity contribution in [1.29, 1.82) is 0 Å². The zero-order valence-electron chi connectivity index (χ0n) is 13.9. The summed E-state index contributed by atoms with van der Waals surface area (Å²) in [6, 6.07) is 7.41. The molecule has 0 aliphatic carbocycles. The maximum absolute atomic E-state index is 12.6. The van der Waals surface area contributed by atoms with Crippen molar-refractivity contribution in [2.45, 2.75) is 18.6 Å². The summed E-state index contributed by atoms with van der Waals surface area (Å²) in [4.78, 5) is 18.2. The lowest BCUT2D eigenvalue weighted by atomic mass is 10.1. The van der Waals surface area contributed by atoms with Crippen molar-refractivity contribution < 1.29 is 18.0 Å². The summed E-state index contributed by atoms with van der Waals surface area (Å²) in [5, 5.41) is 2.95. The molecule has 1 amide bonds. The van der Waals surface area contributed by atoms with E-state index >= 15 is 0 Å². The number of pyridine rings is 1. The smallest absolute Gasteiger partial charge is 0.354 e. The number of hydrogen-bond donors (Lipinski definition) is 1. The minimum absolute atomic E-state index is 0.106. The third-order valence-electron chi connectivity index (χ3n) is 4.44. The van der Waals surface area contributed by atoms with Gasteiger partial charge in [-0.05, 0) is 36.8 Å². The summed E-state index contributed by atoms with van der Waals surface area (Å²) in [5.74, 6) is 0.256. The molecule has 0 saturated carbocycles. The third kappa shape index (κ3) is 3.70. The first kappa shape index (κ1) is 17.7. The molecule has 1 saturated heterocycles. The average molecular weight is 393 g/mol. The van der Waals surface area contributed by atoms with Crippen molar-refractivity contribution in [2.75, 3.05) is 18.0 Å². The van der Waals surface area contributed by atoms with Gasteiger partial charge in [0.05, 0.1) is 17.3 Å². The van der Waals surface area contributed by atoms with Crippen LogP contribution in [0.5, 0.6) is 0 Å². The van der Waals surface area contributed by atoms with Gasteiger partial charge in [0.2, 0.25) is 0 Å². The molecule has 6 nitrogen and oxygen atoms in total. The van der Waals surface area contributed by atoms with Crippen molar-refractivity contribution in [2.24, 2.45) is 0 Å². The van der Waals surface area contributed by atoms with E-state index < -0.39 is 11.7 Å². The number of amides is 1. The second kappa shape index (κ2) is 6.76. The van der Waals surface area contributed by atoms with Gasteiger partial charge in [0.1, 0.15) is 16.9 Å². The quantitative estimate of drug-likeness (QED) is 0.740. The Morgan fingerprint density at radius 2 is 2.00 bits per heavy atom. The van der Waals surface area contributed by atoms with Crippen molar-refractivity contribution in [1.82, 2.24) is 19.0 Å². The van der Waals surface area contributed by atoms with E-state index in [2.05, 4.69) is 19.0 Å². The molecule has 0 radical (unpaired) electrons. The number of rotatable bonds is 3. The lowest BCUT2D eigenvalue weighted by Crippen LogP contribution is -2.37. The Bertz CT molecular complexity index is 973. The molecule has 3 heterocycles. The van der Waals surface area contributed by atoms with Gasteiger partial charge in [0.25, 0.3) is 5.91 Å². The predicted octanol–water partition coefficient (Wildman–Crippen LogP) is 3.11. The van der Waals surface area contributed by atoms with Gasteiger partial charge in [-0.25, -0.2) is 4.98 Å². The second-order valence-electron chi connectivity index (χ2n) is 6.28. The van der Waals surface area contributed by atoms with Crippen LogP contribution in [0.4, 0.5) is 19.0 Å². The van der Waals surface area contributed by atoms with Crippen LogP contribution in [-0.2, 0) is 6.18 Å². The Hall–Kier alpha value is -2.75. The summed E-state index contributed by atoms with van der Waals surface area (Å²) < 4.78 is 46.1. The molecule has 1 aromatic carbocycles. The number of hydrogen-bond acceptors (Lipinski definition) is 6. The number of nitrogens with zero attached hydrogens (tertiary/aromatic N) is 4. The fourth-order valence-electron chi connectivity index (χ4n) is 3.02. The molecule has 0 spiro atoms.